The zero-order valence-electron chi connectivity index (χ0n) is 60.3. The van der Waals surface area contributed by atoms with Crippen LogP contribution in [0.1, 0.15) is 74.3 Å². The molecule has 2 atom stereocenters. The number of aromatic nitrogens is 9. The van der Waals surface area contributed by atoms with E-state index in [4.69, 9.17) is 34.8 Å². The summed E-state index contributed by atoms with van der Waals surface area (Å²) in [4.78, 5) is 43.5. The Bertz CT molecular complexity index is 5930. The van der Waals surface area contributed by atoms with E-state index < -0.39 is 0 Å². The molecule has 2 N–H and O–H groups in total. The molecule has 0 bridgehead atoms. The van der Waals surface area contributed by atoms with E-state index in [0.717, 1.165) is 122 Å². The molecule has 0 saturated carbocycles. The number of hydrogen-bond donors (Lipinski definition) is 2. The van der Waals surface area contributed by atoms with Crippen molar-refractivity contribution in [2.45, 2.75) is 84.6 Å². The van der Waals surface area contributed by atoms with Crippen molar-refractivity contribution in [3.8, 4) is 101 Å². The minimum atomic E-state index is -0.383. The van der Waals surface area contributed by atoms with Crippen LogP contribution in [0.5, 0.6) is 0 Å². The van der Waals surface area contributed by atoms with E-state index >= 15 is 0 Å². The number of nitrogens with one attached hydrogen (secondary N) is 2. The van der Waals surface area contributed by atoms with Gasteiger partial charge in [-0.3, -0.25) is 19.9 Å². The number of pyridine rings is 9. The van der Waals surface area contributed by atoms with Gasteiger partial charge in [-0.25, -0.2) is 43.1 Å². The van der Waals surface area contributed by atoms with Crippen molar-refractivity contribution in [1.82, 2.24) is 60.4 Å². The molecule has 540 valence electrons. The van der Waals surface area contributed by atoms with E-state index in [1.54, 1.807) is 36.8 Å². The molecule has 3 aliphatic rings. The smallest absolute Gasteiger partial charge is 0.160 e. The van der Waals surface area contributed by atoms with E-state index in [9.17, 15) is 13.2 Å². The van der Waals surface area contributed by atoms with Crippen molar-refractivity contribution < 1.29 is 13.2 Å². The quantitative estimate of drug-likeness (QED) is 0.120. The van der Waals surface area contributed by atoms with E-state index in [0.29, 0.717) is 89.7 Å². The molecule has 0 spiro atoms. The van der Waals surface area contributed by atoms with Gasteiger partial charge in [0.05, 0.1) is 17.1 Å². The molecule has 2 unspecified atom stereocenters. The van der Waals surface area contributed by atoms with Crippen LogP contribution < -0.4 is 10.6 Å². The van der Waals surface area contributed by atoms with Gasteiger partial charge < -0.3 is 10.6 Å². The number of rotatable bonds is 12. The predicted molar refractivity (Wildman–Crippen MR) is 434 cm³/mol. The van der Waals surface area contributed by atoms with E-state index in [-0.39, 0.29) is 17.5 Å². The molecule has 15 aromatic rings. The van der Waals surface area contributed by atoms with Gasteiger partial charge in [0.15, 0.2) is 16.9 Å². The third kappa shape index (κ3) is 15.7. The van der Waals surface area contributed by atoms with E-state index in [2.05, 4.69) is 167 Å². The summed E-state index contributed by atoms with van der Waals surface area (Å²) >= 11 is 18.5. The summed E-state index contributed by atoms with van der Waals surface area (Å²) in [7, 11) is 0. The number of nitrogens with zero attached hydrogens (tertiary/aromatic N) is 10. The Kier molecular flexibility index (Phi) is 21.0. The van der Waals surface area contributed by atoms with E-state index in [1.165, 1.54) is 77.1 Å². The van der Waals surface area contributed by atoms with Gasteiger partial charge in [0, 0.05) is 182 Å². The highest BCUT2D eigenvalue weighted by molar-refractivity contribution is 6.31. The lowest BCUT2D eigenvalue weighted by Gasteiger charge is -2.32. The van der Waals surface area contributed by atoms with Crippen LogP contribution in [0.4, 0.5) is 13.2 Å². The Balaban J connectivity index is 0.000000125. The summed E-state index contributed by atoms with van der Waals surface area (Å²) in [6.07, 6.45) is 19.7. The van der Waals surface area contributed by atoms with Gasteiger partial charge in [-0.15, -0.1) is 0 Å². The average molecular weight is 1500 g/mol. The molecule has 3 aliphatic heterocycles. The third-order valence-electron chi connectivity index (χ3n) is 21.0. The molecule has 0 radical (unpaired) electrons. The first-order valence-electron chi connectivity index (χ1n) is 36.6. The normalized spacial score (nSPS) is 14.8. The molecule has 12 nitrogen and oxygen atoms in total. The van der Waals surface area contributed by atoms with Crippen LogP contribution in [0.3, 0.4) is 0 Å². The average Bonchev–Trinajstić information content (AvgIpc) is 0.808. The van der Waals surface area contributed by atoms with Crippen LogP contribution in [-0.2, 0) is 26.1 Å². The highest BCUT2D eigenvalue weighted by Crippen LogP contribution is 2.41. The van der Waals surface area contributed by atoms with Crippen LogP contribution in [-0.4, -0.2) is 74.9 Å². The van der Waals surface area contributed by atoms with Gasteiger partial charge in [0.2, 0.25) is 0 Å². The standard InChI is InChI=1S/C33H30ClFN4.C31H26ClFN4.C27H18ClFN4/c1-20(2)31-12-9-23(19-38-31)21-5-7-22(8-6-21)24-14-25(18-36-17-24)28-16-32(29-15-26(34)10-11-30(29)35)39-33-27(28)4-3-13-37-33;1-19(2)37-11-9-20-5-6-21(12-24(20)18-37)22-13-23(17-34-16-22)27-15-30(28-14-25(32)7-8-29(28)33)36-31-26(27)4-3-10-35-31;28-21-5-6-25(29)24(10-21)26-11-23(22-2-1-7-32-27(22)33-26)20-9-18(13-31-15-20)16-3-4-17-12-30-14-19(17)8-16/h3-8,10-11,13-18,20,23,31,38H,9,12,19H2,1-2H3;3-8,10,12-17,19H,9,11,18H2,1-2H3;1-11,13,15,30H,12,14H2. The molecule has 109 heavy (non-hydrogen) atoms. The van der Waals surface area contributed by atoms with Crippen LogP contribution in [0.25, 0.3) is 134 Å². The molecule has 18 rings (SSSR count). The first-order chi connectivity index (χ1) is 53.1. The highest BCUT2D eigenvalue weighted by atomic mass is 35.5. The second-order valence-corrected chi connectivity index (χ2v) is 29.9. The molecule has 9 aromatic heterocycles. The number of fused-ring (bicyclic) bond motifs is 5. The molecular formula is C91H74Cl3F3N12. The SMILES string of the molecule is CC(C)C1CCC(c2ccc(-c3cncc(-c4cc(-c5cc(Cl)ccc5F)nc5ncccc45)c3)cc2)CN1.CC(C)N1CCc2ccc(-c3cncc(-c4cc(-c5cc(Cl)ccc5F)nc5ncccc45)c3)cc2C1.Fc1ccc(Cl)cc1-c1cc(-c2cncc(-c3ccc4c(c3)CNC4)c2)c2cccnc2n1. The van der Waals surface area contributed by atoms with Gasteiger partial charge in [-0.05, 0) is 246 Å². The molecule has 1 saturated heterocycles. The second-order valence-electron chi connectivity index (χ2n) is 28.6. The molecule has 12 heterocycles. The van der Waals surface area contributed by atoms with Crippen LogP contribution >= 0.6 is 34.8 Å². The van der Waals surface area contributed by atoms with Crippen molar-refractivity contribution in [3.05, 3.63) is 304 Å². The number of benzene rings is 6. The summed E-state index contributed by atoms with van der Waals surface area (Å²) in [5.41, 5.74) is 22.7. The molecule has 6 aromatic carbocycles. The van der Waals surface area contributed by atoms with Gasteiger partial charge in [-0.1, -0.05) is 97.2 Å². The van der Waals surface area contributed by atoms with Gasteiger partial charge in [-0.2, -0.15) is 0 Å². The molecule has 1 fully saturated rings. The minimum Gasteiger partial charge on any atom is -0.313 e. The lowest BCUT2D eigenvalue weighted by Crippen LogP contribution is -2.41. The highest BCUT2D eigenvalue weighted by Gasteiger charge is 2.26. The van der Waals surface area contributed by atoms with Crippen LogP contribution in [0.15, 0.2) is 244 Å². The number of hydrogen-bond acceptors (Lipinski definition) is 12. The van der Waals surface area contributed by atoms with Crippen molar-refractivity contribution >= 4 is 67.9 Å². The zero-order chi connectivity index (χ0) is 74.8. The summed E-state index contributed by atoms with van der Waals surface area (Å²) in [5.74, 6) is 0.0655. The maximum absolute atomic E-state index is 14.8. The van der Waals surface area contributed by atoms with Crippen molar-refractivity contribution in [2.75, 3.05) is 13.1 Å². The van der Waals surface area contributed by atoms with Gasteiger partial charge in [0.1, 0.15) is 17.5 Å². The van der Waals surface area contributed by atoms with Gasteiger partial charge in [0.25, 0.3) is 0 Å². The second kappa shape index (κ2) is 31.7. The Morgan fingerprint density at radius 2 is 0.826 bits per heavy atom. The van der Waals surface area contributed by atoms with Crippen LogP contribution in [0.2, 0.25) is 15.1 Å². The fourth-order valence-corrected chi connectivity index (χ4v) is 15.5. The topological polar surface area (TPSA) is 143 Å². The number of halogens is 6. The largest absolute Gasteiger partial charge is 0.313 e. The lowest BCUT2D eigenvalue weighted by molar-refractivity contribution is 0.203. The van der Waals surface area contributed by atoms with Crippen molar-refractivity contribution in [1.29, 1.82) is 0 Å². The van der Waals surface area contributed by atoms with Crippen molar-refractivity contribution in [3.63, 3.8) is 0 Å². The molecular weight excluding hydrogens is 1420 g/mol. The fourth-order valence-electron chi connectivity index (χ4n) is 15.0. The summed E-state index contributed by atoms with van der Waals surface area (Å²) in [6, 6.07) is 60.3. The maximum atomic E-state index is 14.8. The zero-order valence-corrected chi connectivity index (χ0v) is 62.6. The number of piperidine rings is 1. The predicted octanol–water partition coefficient (Wildman–Crippen LogP) is 22.3. The van der Waals surface area contributed by atoms with E-state index in [1.807, 2.05) is 91.8 Å². The molecule has 0 amide bonds. The fraction of sp³-hybridized carbons (Fsp3) is 0.176. The Morgan fingerprint density at radius 1 is 0.404 bits per heavy atom. The Hall–Kier alpha value is -11.0. The minimum absolute atomic E-state index is 0.339. The van der Waals surface area contributed by atoms with Gasteiger partial charge >= 0.3 is 0 Å². The Labute approximate surface area is 645 Å². The summed E-state index contributed by atoms with van der Waals surface area (Å²) in [6.45, 7) is 14.0. The Morgan fingerprint density at radius 3 is 1.27 bits per heavy atom. The molecule has 18 heteroatoms. The lowest BCUT2D eigenvalue weighted by atomic mass is 9.85. The summed E-state index contributed by atoms with van der Waals surface area (Å²) in [5, 5.41) is 11.1. The third-order valence-corrected chi connectivity index (χ3v) is 21.7. The first-order valence-corrected chi connectivity index (χ1v) is 37.7. The molecule has 0 aliphatic carbocycles. The van der Waals surface area contributed by atoms with Crippen LogP contribution in [0, 0.1) is 23.4 Å². The maximum Gasteiger partial charge on any atom is 0.160 e. The summed E-state index contributed by atoms with van der Waals surface area (Å²) < 4.78 is 44.2. The van der Waals surface area contributed by atoms with Crippen molar-refractivity contribution in [2.24, 2.45) is 5.92 Å². The first kappa shape index (κ1) is 72.2. The monoisotopic (exact) mass is 1500 g/mol.